The first-order valence-corrected chi connectivity index (χ1v) is 8.00. The van der Waals surface area contributed by atoms with E-state index in [1.165, 1.54) is 18.9 Å². The maximum atomic E-state index is 12.8. The number of nitrogens with one attached hydrogen (secondary N) is 1. The van der Waals surface area contributed by atoms with Gasteiger partial charge in [-0.1, -0.05) is 6.07 Å². The van der Waals surface area contributed by atoms with Gasteiger partial charge in [0, 0.05) is 19.6 Å². The predicted octanol–water partition coefficient (Wildman–Crippen LogP) is 2.84. The van der Waals surface area contributed by atoms with Crippen molar-refractivity contribution in [2.45, 2.75) is 31.9 Å². The summed E-state index contributed by atoms with van der Waals surface area (Å²) in [6, 6.07) is 3.90. The number of aromatic nitrogens is 1. The van der Waals surface area contributed by atoms with Crippen LogP contribution in [0.2, 0.25) is 0 Å². The summed E-state index contributed by atoms with van der Waals surface area (Å²) in [5, 5.41) is 2.96. The van der Waals surface area contributed by atoms with Crippen molar-refractivity contribution in [2.75, 3.05) is 24.5 Å². The van der Waals surface area contributed by atoms with Crippen LogP contribution in [0.5, 0.6) is 0 Å². The lowest BCUT2D eigenvalue weighted by atomic mass is 9.97. The van der Waals surface area contributed by atoms with E-state index in [9.17, 15) is 18.0 Å². The van der Waals surface area contributed by atoms with Crippen molar-refractivity contribution >= 4 is 11.7 Å². The second kappa shape index (κ2) is 6.37. The molecule has 2 aliphatic rings. The second-order valence-electron chi connectivity index (χ2n) is 6.35. The molecule has 2 heterocycles. The van der Waals surface area contributed by atoms with E-state index in [0.717, 1.165) is 25.5 Å². The maximum absolute atomic E-state index is 12.8. The van der Waals surface area contributed by atoms with Gasteiger partial charge in [0.2, 0.25) is 5.91 Å². The fourth-order valence-corrected chi connectivity index (χ4v) is 2.87. The van der Waals surface area contributed by atoms with E-state index in [-0.39, 0.29) is 11.8 Å². The average molecular weight is 327 g/mol. The monoisotopic (exact) mass is 327 g/mol. The molecule has 0 bridgehead atoms. The van der Waals surface area contributed by atoms with Crippen LogP contribution in [0.15, 0.2) is 18.2 Å². The van der Waals surface area contributed by atoms with Crippen LogP contribution in [0.3, 0.4) is 0 Å². The number of anilines is 1. The number of halogens is 3. The molecule has 126 valence electrons. The van der Waals surface area contributed by atoms with Crippen LogP contribution in [0, 0.1) is 11.8 Å². The number of rotatable bonds is 4. The van der Waals surface area contributed by atoms with Crippen LogP contribution in [0.1, 0.15) is 31.4 Å². The van der Waals surface area contributed by atoms with E-state index in [1.54, 1.807) is 11.0 Å². The van der Waals surface area contributed by atoms with Crippen molar-refractivity contribution in [3.63, 3.8) is 0 Å². The maximum Gasteiger partial charge on any atom is 0.433 e. The summed E-state index contributed by atoms with van der Waals surface area (Å²) in [5.74, 6) is 0.732. The lowest BCUT2D eigenvalue weighted by molar-refractivity contribution is -0.141. The van der Waals surface area contributed by atoms with E-state index in [2.05, 4.69) is 10.3 Å². The fourth-order valence-electron chi connectivity index (χ4n) is 2.87. The highest BCUT2D eigenvalue weighted by Crippen LogP contribution is 2.30. The second-order valence-corrected chi connectivity index (χ2v) is 6.35. The number of hydrogen-bond acceptors (Lipinski definition) is 3. The molecule has 1 aromatic heterocycles. The van der Waals surface area contributed by atoms with Gasteiger partial charge < -0.3 is 10.2 Å². The molecule has 1 saturated carbocycles. The molecule has 0 spiro atoms. The Morgan fingerprint density at radius 3 is 2.78 bits per heavy atom. The Labute approximate surface area is 133 Å². The molecule has 1 amide bonds. The van der Waals surface area contributed by atoms with Gasteiger partial charge >= 0.3 is 6.18 Å². The number of hydrogen-bond donors (Lipinski definition) is 1. The van der Waals surface area contributed by atoms with Gasteiger partial charge in [-0.25, -0.2) is 4.98 Å². The fraction of sp³-hybridized carbons (Fsp3) is 0.625. The topological polar surface area (TPSA) is 45.2 Å². The molecule has 1 aromatic rings. The van der Waals surface area contributed by atoms with E-state index >= 15 is 0 Å². The first-order valence-electron chi connectivity index (χ1n) is 8.00. The van der Waals surface area contributed by atoms with Crippen LogP contribution in [0.25, 0.3) is 0 Å². The number of piperidine rings is 1. The highest BCUT2D eigenvalue weighted by Gasteiger charge is 2.34. The first kappa shape index (κ1) is 16.1. The van der Waals surface area contributed by atoms with Gasteiger partial charge in [0.05, 0.1) is 5.92 Å². The molecule has 1 aliphatic carbocycles. The van der Waals surface area contributed by atoms with Crippen molar-refractivity contribution in [1.29, 1.82) is 0 Å². The van der Waals surface area contributed by atoms with Crippen LogP contribution < -0.4 is 10.2 Å². The number of pyridine rings is 1. The standard InChI is InChI=1S/C16H20F3N3O/c17-16(18,19)13-4-1-5-14(21-13)22-8-2-3-12(10-22)15(23)20-9-11-6-7-11/h1,4-5,11-12H,2-3,6-10H2,(H,20,23)/t12-/m0/s1. The summed E-state index contributed by atoms with van der Waals surface area (Å²) in [5.41, 5.74) is -0.893. The van der Waals surface area contributed by atoms with E-state index < -0.39 is 11.9 Å². The summed E-state index contributed by atoms with van der Waals surface area (Å²) in [7, 11) is 0. The Kier molecular flexibility index (Phi) is 4.46. The number of carbonyl (C=O) groups is 1. The quantitative estimate of drug-likeness (QED) is 0.925. The summed E-state index contributed by atoms with van der Waals surface area (Å²) >= 11 is 0. The number of alkyl halides is 3. The van der Waals surface area contributed by atoms with Gasteiger partial charge in [-0.2, -0.15) is 13.2 Å². The molecular weight excluding hydrogens is 307 g/mol. The molecule has 0 radical (unpaired) electrons. The van der Waals surface area contributed by atoms with E-state index in [4.69, 9.17) is 0 Å². The summed E-state index contributed by atoms with van der Waals surface area (Å²) in [6.45, 7) is 1.77. The molecule has 1 aliphatic heterocycles. The van der Waals surface area contributed by atoms with Gasteiger partial charge in [0.1, 0.15) is 11.5 Å². The Bertz CT molecular complexity index is 572. The molecule has 7 heteroatoms. The van der Waals surface area contributed by atoms with Crippen LogP contribution >= 0.6 is 0 Å². The van der Waals surface area contributed by atoms with E-state index in [0.29, 0.717) is 24.8 Å². The normalized spacial score (nSPS) is 22.0. The lowest BCUT2D eigenvalue weighted by Crippen LogP contribution is -2.44. The molecule has 1 N–H and O–H groups in total. The smallest absolute Gasteiger partial charge is 0.356 e. The van der Waals surface area contributed by atoms with Gasteiger partial charge in [-0.3, -0.25) is 4.79 Å². The summed E-state index contributed by atoms with van der Waals surface area (Å²) in [6.07, 6.45) is -0.561. The Morgan fingerprint density at radius 1 is 1.30 bits per heavy atom. The molecular formula is C16H20F3N3O. The average Bonchev–Trinajstić information content (AvgIpc) is 3.36. The molecule has 1 atom stereocenters. The van der Waals surface area contributed by atoms with Crippen molar-refractivity contribution in [2.24, 2.45) is 11.8 Å². The van der Waals surface area contributed by atoms with Gasteiger partial charge in [-0.15, -0.1) is 0 Å². The van der Waals surface area contributed by atoms with E-state index in [1.807, 2.05) is 0 Å². The first-order chi connectivity index (χ1) is 10.9. The minimum Gasteiger partial charge on any atom is -0.356 e. The molecule has 23 heavy (non-hydrogen) atoms. The Balaban J connectivity index is 1.64. The largest absolute Gasteiger partial charge is 0.433 e. The highest BCUT2D eigenvalue weighted by molar-refractivity contribution is 5.79. The third kappa shape index (κ3) is 4.14. The van der Waals surface area contributed by atoms with Crippen molar-refractivity contribution in [1.82, 2.24) is 10.3 Å². The SMILES string of the molecule is O=C(NCC1CC1)[C@H]1CCCN(c2cccc(C(F)(F)F)n2)C1. The zero-order valence-corrected chi connectivity index (χ0v) is 12.8. The lowest BCUT2D eigenvalue weighted by Gasteiger charge is -2.33. The minimum atomic E-state index is -4.45. The summed E-state index contributed by atoms with van der Waals surface area (Å²) in [4.78, 5) is 17.7. The zero-order valence-electron chi connectivity index (χ0n) is 12.8. The van der Waals surface area contributed by atoms with Crippen LogP contribution in [0.4, 0.5) is 19.0 Å². The molecule has 2 fully saturated rings. The Hall–Kier alpha value is -1.79. The molecule has 4 nitrogen and oxygen atoms in total. The molecule has 0 unspecified atom stereocenters. The summed E-state index contributed by atoms with van der Waals surface area (Å²) < 4.78 is 38.3. The van der Waals surface area contributed by atoms with Crippen molar-refractivity contribution in [3.8, 4) is 0 Å². The Morgan fingerprint density at radius 2 is 2.09 bits per heavy atom. The third-order valence-corrected chi connectivity index (χ3v) is 4.40. The van der Waals surface area contributed by atoms with Crippen LogP contribution in [-0.2, 0) is 11.0 Å². The number of amides is 1. The molecule has 0 aromatic carbocycles. The zero-order chi connectivity index (χ0) is 16.4. The van der Waals surface area contributed by atoms with Gasteiger partial charge in [0.25, 0.3) is 0 Å². The van der Waals surface area contributed by atoms with Gasteiger partial charge in [-0.05, 0) is 43.7 Å². The number of nitrogens with zero attached hydrogens (tertiary/aromatic N) is 2. The molecule has 3 rings (SSSR count). The van der Waals surface area contributed by atoms with Crippen molar-refractivity contribution in [3.05, 3.63) is 23.9 Å². The van der Waals surface area contributed by atoms with Gasteiger partial charge in [0.15, 0.2) is 0 Å². The predicted molar refractivity (Wildman–Crippen MR) is 79.9 cm³/mol. The third-order valence-electron chi connectivity index (χ3n) is 4.40. The van der Waals surface area contributed by atoms with Crippen molar-refractivity contribution < 1.29 is 18.0 Å². The van der Waals surface area contributed by atoms with Crippen LogP contribution in [-0.4, -0.2) is 30.5 Å². The highest BCUT2D eigenvalue weighted by atomic mass is 19.4. The minimum absolute atomic E-state index is 0.00794. The molecule has 1 saturated heterocycles. The number of carbonyl (C=O) groups excluding carboxylic acids is 1.